The van der Waals surface area contributed by atoms with Gasteiger partial charge in [0.05, 0.1) is 20.3 Å². The molecule has 1 saturated heterocycles. The zero-order valence-electron chi connectivity index (χ0n) is 25.4. The van der Waals surface area contributed by atoms with Gasteiger partial charge in [-0.15, -0.1) is 0 Å². The first-order valence-electron chi connectivity index (χ1n) is 15.1. The van der Waals surface area contributed by atoms with E-state index in [1.165, 1.54) is 18.4 Å². The fraction of sp³-hybridized carbons (Fsp3) is 0.545. The van der Waals surface area contributed by atoms with Crippen molar-refractivity contribution in [3.8, 4) is 11.5 Å². The minimum atomic E-state index is 0.0291. The predicted molar refractivity (Wildman–Crippen MR) is 166 cm³/mol. The zero-order chi connectivity index (χ0) is 28.7. The lowest BCUT2D eigenvalue weighted by molar-refractivity contribution is -0.143. The molecule has 4 fully saturated rings. The molecule has 2 bridgehead atoms. The SMILES string of the molecule is CN=C(Nc1ccc(C2NC=Cc3cc(OC)c(OC)cc32)cc1)NN1CCN(C2CC3CC(C2C)C3(C)C)CC1. The van der Waals surface area contributed by atoms with Crippen LogP contribution < -0.4 is 25.5 Å². The first kappa shape index (κ1) is 27.9. The van der Waals surface area contributed by atoms with Crippen LogP contribution in [0, 0.1) is 23.2 Å². The summed E-state index contributed by atoms with van der Waals surface area (Å²) < 4.78 is 11.1. The second kappa shape index (κ2) is 11.2. The van der Waals surface area contributed by atoms with Crippen LogP contribution in [0.25, 0.3) is 6.08 Å². The van der Waals surface area contributed by atoms with Crippen LogP contribution in [0.3, 0.4) is 0 Å². The monoisotopic (exact) mass is 558 g/mol. The Hall–Kier alpha value is -3.23. The first-order valence-corrected chi connectivity index (χ1v) is 15.1. The molecule has 2 heterocycles. The molecule has 5 unspecified atom stereocenters. The summed E-state index contributed by atoms with van der Waals surface area (Å²) >= 11 is 0. The van der Waals surface area contributed by atoms with Crippen LogP contribution in [-0.4, -0.2) is 69.4 Å². The molecule has 220 valence electrons. The van der Waals surface area contributed by atoms with Crippen LogP contribution in [0.1, 0.15) is 56.3 Å². The predicted octanol–water partition coefficient (Wildman–Crippen LogP) is 4.96. The third-order valence-electron chi connectivity index (χ3n) is 10.5. The van der Waals surface area contributed by atoms with E-state index in [2.05, 4.69) is 88.1 Å². The first-order chi connectivity index (χ1) is 19.8. The molecule has 0 spiro atoms. The number of hydrazine groups is 1. The van der Waals surface area contributed by atoms with E-state index in [4.69, 9.17) is 9.47 Å². The van der Waals surface area contributed by atoms with Gasteiger partial charge in [0, 0.05) is 45.0 Å². The lowest BCUT2D eigenvalue weighted by atomic mass is 9.44. The summed E-state index contributed by atoms with van der Waals surface area (Å²) in [5, 5.41) is 9.27. The average Bonchev–Trinajstić information content (AvgIpc) is 3.00. The van der Waals surface area contributed by atoms with Gasteiger partial charge in [-0.05, 0) is 89.2 Å². The van der Waals surface area contributed by atoms with Gasteiger partial charge in [0.1, 0.15) is 0 Å². The van der Waals surface area contributed by atoms with Gasteiger partial charge in [0.25, 0.3) is 0 Å². The highest BCUT2D eigenvalue weighted by atomic mass is 16.5. The number of guanidine groups is 1. The summed E-state index contributed by atoms with van der Waals surface area (Å²) in [6, 6.07) is 13.4. The van der Waals surface area contributed by atoms with Gasteiger partial charge >= 0.3 is 0 Å². The van der Waals surface area contributed by atoms with Gasteiger partial charge in [0.15, 0.2) is 11.5 Å². The van der Waals surface area contributed by atoms with E-state index in [9.17, 15) is 0 Å². The number of piperazine rings is 1. The van der Waals surface area contributed by atoms with Gasteiger partial charge in [-0.3, -0.25) is 15.3 Å². The summed E-state index contributed by atoms with van der Waals surface area (Å²) in [4.78, 5) is 7.25. The van der Waals surface area contributed by atoms with Crippen molar-refractivity contribution in [1.29, 1.82) is 0 Å². The number of rotatable bonds is 6. The lowest BCUT2D eigenvalue weighted by Gasteiger charge is -2.64. The second-order valence-corrected chi connectivity index (χ2v) is 12.7. The van der Waals surface area contributed by atoms with Gasteiger partial charge in [-0.25, -0.2) is 5.01 Å². The Morgan fingerprint density at radius 1 is 1.00 bits per heavy atom. The van der Waals surface area contributed by atoms with Crippen LogP contribution in [0.2, 0.25) is 0 Å². The second-order valence-electron chi connectivity index (χ2n) is 12.7. The Kier molecular flexibility index (Phi) is 7.64. The fourth-order valence-electron chi connectivity index (χ4n) is 7.85. The normalized spacial score (nSPS) is 29.1. The highest BCUT2D eigenvalue weighted by molar-refractivity contribution is 5.93. The topological polar surface area (TPSA) is 73.4 Å². The maximum Gasteiger partial charge on any atom is 0.210 e. The number of aliphatic imine (C=N–C) groups is 1. The third-order valence-corrected chi connectivity index (χ3v) is 10.5. The molecule has 2 aromatic rings. The number of anilines is 1. The van der Waals surface area contributed by atoms with Crippen molar-refractivity contribution in [1.82, 2.24) is 20.7 Å². The molecule has 3 N–H and O–H groups in total. The van der Waals surface area contributed by atoms with E-state index >= 15 is 0 Å². The molecule has 5 atom stereocenters. The highest BCUT2D eigenvalue weighted by Gasteiger charge is 2.57. The Morgan fingerprint density at radius 2 is 1.71 bits per heavy atom. The Labute approximate surface area is 245 Å². The molecule has 3 saturated carbocycles. The number of benzene rings is 2. The van der Waals surface area contributed by atoms with Crippen LogP contribution in [0.5, 0.6) is 11.5 Å². The van der Waals surface area contributed by atoms with E-state index in [-0.39, 0.29) is 6.04 Å². The number of fused-ring (bicyclic) bond motifs is 3. The fourth-order valence-corrected chi connectivity index (χ4v) is 7.85. The Morgan fingerprint density at radius 3 is 2.34 bits per heavy atom. The number of nitrogens with one attached hydrogen (secondary N) is 3. The van der Waals surface area contributed by atoms with Crippen molar-refractivity contribution in [2.75, 3.05) is 52.8 Å². The van der Waals surface area contributed by atoms with Crippen molar-refractivity contribution >= 4 is 17.7 Å². The van der Waals surface area contributed by atoms with Crippen molar-refractivity contribution < 1.29 is 9.47 Å². The van der Waals surface area contributed by atoms with Gasteiger partial charge < -0.3 is 20.1 Å². The molecule has 8 heteroatoms. The molecule has 41 heavy (non-hydrogen) atoms. The maximum atomic E-state index is 5.57. The Bertz CT molecular complexity index is 1300. The van der Waals surface area contributed by atoms with Crippen molar-refractivity contribution in [2.24, 2.45) is 28.2 Å². The summed E-state index contributed by atoms with van der Waals surface area (Å²) in [6.45, 7) is 11.7. The van der Waals surface area contributed by atoms with Gasteiger partial charge in [-0.2, -0.15) is 0 Å². The molecular formula is C33H46N6O2. The molecule has 8 nitrogen and oxygen atoms in total. The smallest absolute Gasteiger partial charge is 0.210 e. The van der Waals surface area contributed by atoms with E-state index in [0.29, 0.717) is 5.41 Å². The molecular weight excluding hydrogens is 512 g/mol. The number of hydrogen-bond donors (Lipinski definition) is 3. The number of nitrogens with zero attached hydrogens (tertiary/aromatic N) is 3. The quantitative estimate of drug-likeness (QED) is 0.342. The molecule has 5 aliphatic rings. The van der Waals surface area contributed by atoms with E-state index in [1.807, 2.05) is 19.3 Å². The van der Waals surface area contributed by atoms with Gasteiger partial charge in [-0.1, -0.05) is 32.9 Å². The largest absolute Gasteiger partial charge is 0.493 e. The third kappa shape index (κ3) is 5.17. The standard InChI is InChI=1S/C33H46N6O2/c1-21-27-18-24(33(27,2)3)19-28(21)38-13-15-39(16-14-38)37-32(34-4)36-25-9-7-22(8-10-25)31-26-20-30(41-6)29(40-5)17-23(26)11-12-35-31/h7-12,17,20-21,24,27-28,31,35H,13-16,18-19H2,1-6H3,(H2,34,36,37). The minimum Gasteiger partial charge on any atom is -0.493 e. The molecule has 2 aromatic carbocycles. The number of ether oxygens (including phenoxy) is 2. The molecule has 3 aliphatic carbocycles. The van der Waals surface area contributed by atoms with Crippen molar-refractivity contribution in [3.05, 3.63) is 59.3 Å². The summed E-state index contributed by atoms with van der Waals surface area (Å²) in [5.41, 5.74) is 8.53. The van der Waals surface area contributed by atoms with Gasteiger partial charge in [0.2, 0.25) is 5.96 Å². The minimum absolute atomic E-state index is 0.0291. The summed E-state index contributed by atoms with van der Waals surface area (Å²) in [5.74, 6) is 4.83. The molecule has 0 amide bonds. The molecule has 2 aliphatic heterocycles. The molecule has 7 rings (SSSR count). The molecule has 0 aromatic heterocycles. The average molecular weight is 559 g/mol. The molecule has 0 radical (unpaired) electrons. The Balaban J connectivity index is 1.04. The number of methoxy groups -OCH3 is 2. The van der Waals surface area contributed by atoms with E-state index < -0.39 is 0 Å². The van der Waals surface area contributed by atoms with Crippen LogP contribution >= 0.6 is 0 Å². The zero-order valence-corrected chi connectivity index (χ0v) is 25.4. The maximum absolute atomic E-state index is 5.57. The highest BCUT2D eigenvalue weighted by Crippen LogP contribution is 2.62. The van der Waals surface area contributed by atoms with Crippen molar-refractivity contribution in [2.45, 2.75) is 45.7 Å². The van der Waals surface area contributed by atoms with Crippen LogP contribution in [-0.2, 0) is 0 Å². The number of hydrogen-bond acceptors (Lipinski definition) is 6. The van der Waals surface area contributed by atoms with Crippen molar-refractivity contribution in [3.63, 3.8) is 0 Å². The summed E-state index contributed by atoms with van der Waals surface area (Å²) in [7, 11) is 5.17. The van der Waals surface area contributed by atoms with Crippen LogP contribution in [0.4, 0.5) is 5.69 Å². The van der Waals surface area contributed by atoms with E-state index in [0.717, 1.165) is 84.2 Å². The summed E-state index contributed by atoms with van der Waals surface area (Å²) in [6.07, 6.45) is 6.88. The van der Waals surface area contributed by atoms with Crippen LogP contribution in [0.15, 0.2) is 47.6 Å². The van der Waals surface area contributed by atoms with E-state index in [1.54, 1.807) is 14.2 Å². The lowest BCUT2D eigenvalue weighted by Crippen LogP contribution is -2.64.